The smallest absolute Gasteiger partial charge is 0.263 e. The molecule has 1 rings (SSSR count). The largest absolute Gasteiger partial charge is 0.365 e. The molecule has 0 fully saturated rings. The molecular weight excluding hydrogens is 212 g/mol. The van der Waals surface area contributed by atoms with E-state index < -0.39 is 5.91 Å². The first-order chi connectivity index (χ1) is 7.91. The minimum Gasteiger partial charge on any atom is -0.365 e. The highest BCUT2D eigenvalue weighted by molar-refractivity contribution is 6.40. The molecule has 17 heavy (non-hydrogen) atoms. The summed E-state index contributed by atoms with van der Waals surface area (Å²) in [6, 6.07) is 10.1. The molecule has 0 aliphatic carbocycles. The van der Waals surface area contributed by atoms with Crippen LogP contribution in [0.15, 0.2) is 35.3 Å². The number of carbonyl (C=O) groups excluding carboxylic acids is 1. The number of hydrogen-bond donors (Lipinski definition) is 1. The third-order valence-corrected chi connectivity index (χ3v) is 2.46. The van der Waals surface area contributed by atoms with Crippen molar-refractivity contribution in [3.63, 3.8) is 0 Å². The molecule has 1 aromatic carbocycles. The lowest BCUT2D eigenvalue weighted by atomic mass is 9.89. The Balaban J connectivity index is 2.66. The van der Waals surface area contributed by atoms with Crippen LogP contribution in [0, 0.1) is 5.41 Å². The summed E-state index contributed by atoms with van der Waals surface area (Å²) in [5, 5.41) is 0. The van der Waals surface area contributed by atoms with Gasteiger partial charge in [0.1, 0.15) is 5.71 Å². The van der Waals surface area contributed by atoms with E-state index in [1.807, 2.05) is 39.0 Å². The van der Waals surface area contributed by atoms with Crippen molar-refractivity contribution in [3.05, 3.63) is 35.9 Å². The molecule has 0 aliphatic heterocycles. The summed E-state index contributed by atoms with van der Waals surface area (Å²) in [4.78, 5) is 15.6. The Hall–Kier alpha value is -1.64. The fraction of sp³-hybridized carbons (Fsp3) is 0.429. The van der Waals surface area contributed by atoms with Crippen molar-refractivity contribution in [3.8, 4) is 0 Å². The average molecular weight is 232 g/mol. The summed E-state index contributed by atoms with van der Waals surface area (Å²) < 4.78 is 0. The number of primary amides is 1. The second kappa shape index (κ2) is 5.62. The summed E-state index contributed by atoms with van der Waals surface area (Å²) >= 11 is 0. The monoisotopic (exact) mass is 232 g/mol. The molecule has 0 spiro atoms. The molecule has 0 aromatic heterocycles. The van der Waals surface area contributed by atoms with Crippen LogP contribution in [0.1, 0.15) is 26.3 Å². The zero-order valence-corrected chi connectivity index (χ0v) is 10.7. The van der Waals surface area contributed by atoms with Crippen LogP contribution < -0.4 is 5.73 Å². The van der Waals surface area contributed by atoms with E-state index in [-0.39, 0.29) is 5.41 Å². The Morgan fingerprint density at radius 2 is 1.82 bits per heavy atom. The van der Waals surface area contributed by atoms with Crippen molar-refractivity contribution in [2.24, 2.45) is 16.1 Å². The SMILES string of the molecule is CC(C)(C)C(=NCCc1ccccc1)C(N)=O. The van der Waals surface area contributed by atoms with Gasteiger partial charge in [0, 0.05) is 12.0 Å². The molecule has 0 saturated carbocycles. The predicted octanol–water partition coefficient (Wildman–Crippen LogP) is 2.20. The molecule has 0 bridgehead atoms. The van der Waals surface area contributed by atoms with E-state index in [1.54, 1.807) is 0 Å². The van der Waals surface area contributed by atoms with Crippen LogP contribution in [0.3, 0.4) is 0 Å². The molecule has 3 heteroatoms. The minimum absolute atomic E-state index is 0.289. The maximum Gasteiger partial charge on any atom is 0.263 e. The first-order valence-electron chi connectivity index (χ1n) is 5.80. The summed E-state index contributed by atoms with van der Waals surface area (Å²) in [7, 11) is 0. The Kier molecular flexibility index (Phi) is 4.44. The van der Waals surface area contributed by atoms with Crippen LogP contribution in [0.4, 0.5) is 0 Å². The van der Waals surface area contributed by atoms with Crippen molar-refractivity contribution in [1.29, 1.82) is 0 Å². The van der Waals surface area contributed by atoms with Gasteiger partial charge in [-0.25, -0.2) is 0 Å². The normalized spacial score (nSPS) is 12.5. The molecule has 0 saturated heterocycles. The second-order valence-electron chi connectivity index (χ2n) is 5.08. The molecule has 0 aliphatic rings. The number of carbonyl (C=O) groups is 1. The van der Waals surface area contributed by atoms with E-state index >= 15 is 0 Å². The summed E-state index contributed by atoms with van der Waals surface area (Å²) in [5.41, 5.74) is 6.73. The van der Waals surface area contributed by atoms with Gasteiger partial charge in [-0.2, -0.15) is 0 Å². The van der Waals surface area contributed by atoms with Gasteiger partial charge in [0.25, 0.3) is 5.91 Å². The van der Waals surface area contributed by atoms with Crippen LogP contribution in [0.2, 0.25) is 0 Å². The first-order valence-corrected chi connectivity index (χ1v) is 5.80. The highest BCUT2D eigenvalue weighted by atomic mass is 16.1. The van der Waals surface area contributed by atoms with Crippen molar-refractivity contribution in [2.45, 2.75) is 27.2 Å². The Morgan fingerprint density at radius 1 is 1.24 bits per heavy atom. The quantitative estimate of drug-likeness (QED) is 0.795. The van der Waals surface area contributed by atoms with Gasteiger partial charge < -0.3 is 5.73 Å². The van der Waals surface area contributed by atoms with E-state index in [2.05, 4.69) is 17.1 Å². The first kappa shape index (κ1) is 13.4. The van der Waals surface area contributed by atoms with Crippen LogP contribution in [0.5, 0.6) is 0 Å². The topological polar surface area (TPSA) is 55.4 Å². The van der Waals surface area contributed by atoms with Gasteiger partial charge in [-0.3, -0.25) is 9.79 Å². The predicted molar refractivity (Wildman–Crippen MR) is 71.1 cm³/mol. The molecule has 3 nitrogen and oxygen atoms in total. The zero-order valence-electron chi connectivity index (χ0n) is 10.7. The van der Waals surface area contributed by atoms with Gasteiger partial charge >= 0.3 is 0 Å². The van der Waals surface area contributed by atoms with Crippen LogP contribution in [-0.2, 0) is 11.2 Å². The van der Waals surface area contributed by atoms with Crippen molar-refractivity contribution in [2.75, 3.05) is 6.54 Å². The number of nitrogens with two attached hydrogens (primary N) is 1. The Labute approximate surface area is 103 Å². The molecule has 1 aromatic rings. The van der Waals surface area contributed by atoms with Crippen molar-refractivity contribution >= 4 is 11.6 Å². The highest BCUT2D eigenvalue weighted by Crippen LogP contribution is 2.16. The number of rotatable bonds is 4. The van der Waals surface area contributed by atoms with Gasteiger partial charge in [-0.05, 0) is 12.0 Å². The fourth-order valence-electron chi connectivity index (χ4n) is 1.63. The summed E-state index contributed by atoms with van der Waals surface area (Å²) in [6.07, 6.45) is 0.827. The van der Waals surface area contributed by atoms with Crippen LogP contribution >= 0.6 is 0 Å². The lowest BCUT2D eigenvalue weighted by Gasteiger charge is -2.18. The van der Waals surface area contributed by atoms with Gasteiger partial charge in [0.15, 0.2) is 0 Å². The fourth-order valence-corrected chi connectivity index (χ4v) is 1.63. The third-order valence-electron chi connectivity index (χ3n) is 2.46. The van der Waals surface area contributed by atoms with Gasteiger partial charge in [-0.15, -0.1) is 0 Å². The molecule has 0 heterocycles. The number of aliphatic imine (C=N–C) groups is 1. The number of benzene rings is 1. The maximum absolute atomic E-state index is 11.3. The van der Waals surface area contributed by atoms with Crippen LogP contribution in [0.25, 0.3) is 0 Å². The number of nitrogens with zero attached hydrogens (tertiary/aromatic N) is 1. The second-order valence-corrected chi connectivity index (χ2v) is 5.08. The minimum atomic E-state index is -0.425. The standard InChI is InChI=1S/C14H20N2O/c1-14(2,3)12(13(15)17)16-10-9-11-7-5-4-6-8-11/h4-8H,9-10H2,1-3H3,(H2,15,17). The molecule has 92 valence electrons. The molecule has 0 radical (unpaired) electrons. The maximum atomic E-state index is 11.3. The molecular formula is C14H20N2O. The average Bonchev–Trinajstić information content (AvgIpc) is 2.23. The Bertz CT molecular complexity index is 402. The zero-order chi connectivity index (χ0) is 12.9. The van der Waals surface area contributed by atoms with E-state index in [9.17, 15) is 4.79 Å². The van der Waals surface area contributed by atoms with E-state index in [4.69, 9.17) is 5.73 Å². The van der Waals surface area contributed by atoms with E-state index in [0.29, 0.717) is 12.3 Å². The number of amides is 1. The molecule has 0 atom stereocenters. The van der Waals surface area contributed by atoms with E-state index in [0.717, 1.165) is 6.42 Å². The lowest BCUT2D eigenvalue weighted by molar-refractivity contribution is -0.112. The van der Waals surface area contributed by atoms with Gasteiger partial charge in [-0.1, -0.05) is 51.1 Å². The van der Waals surface area contributed by atoms with Gasteiger partial charge in [0.05, 0.1) is 0 Å². The molecule has 1 amide bonds. The Morgan fingerprint density at radius 3 is 2.29 bits per heavy atom. The highest BCUT2D eigenvalue weighted by Gasteiger charge is 2.23. The van der Waals surface area contributed by atoms with Gasteiger partial charge in [0.2, 0.25) is 0 Å². The third kappa shape index (κ3) is 4.39. The van der Waals surface area contributed by atoms with Crippen molar-refractivity contribution < 1.29 is 4.79 Å². The molecule has 0 unspecified atom stereocenters. The summed E-state index contributed by atoms with van der Waals surface area (Å²) in [5.74, 6) is -0.425. The molecule has 2 N–H and O–H groups in total. The van der Waals surface area contributed by atoms with Crippen molar-refractivity contribution in [1.82, 2.24) is 0 Å². The lowest BCUT2D eigenvalue weighted by Crippen LogP contribution is -2.34. The van der Waals surface area contributed by atoms with E-state index in [1.165, 1.54) is 5.56 Å². The summed E-state index contributed by atoms with van der Waals surface area (Å²) in [6.45, 7) is 6.43. The number of hydrogen-bond acceptors (Lipinski definition) is 2. The van der Waals surface area contributed by atoms with Crippen LogP contribution in [-0.4, -0.2) is 18.2 Å².